The fraction of sp³-hybridized carbons (Fsp3) is 0.389. The smallest absolute Gasteiger partial charge is 0.408 e. The summed E-state index contributed by atoms with van der Waals surface area (Å²) in [6.45, 7) is 6.76. The molecule has 0 aliphatic carbocycles. The van der Waals surface area contributed by atoms with Gasteiger partial charge in [0.15, 0.2) is 0 Å². The number of carbonyl (C=O) groups is 2. The molecule has 0 atom stereocenters. The Morgan fingerprint density at radius 1 is 1.20 bits per heavy atom. The van der Waals surface area contributed by atoms with Crippen molar-refractivity contribution in [3.05, 3.63) is 40.2 Å². The molecule has 0 spiro atoms. The number of amides is 1. The van der Waals surface area contributed by atoms with E-state index < -0.39 is 23.3 Å². The maximum absolute atomic E-state index is 11.8. The quantitative estimate of drug-likeness (QED) is 0.519. The first kappa shape index (κ1) is 18.5. The Morgan fingerprint density at radius 3 is 2.56 bits per heavy atom. The number of benzene rings is 1. The Morgan fingerprint density at radius 2 is 1.92 bits per heavy atom. The Hall–Kier alpha value is -2.83. The third-order valence-electron chi connectivity index (χ3n) is 3.19. The van der Waals surface area contributed by atoms with Crippen LogP contribution in [-0.4, -0.2) is 24.2 Å². The molecule has 1 aromatic heterocycles. The summed E-state index contributed by atoms with van der Waals surface area (Å²) < 4.78 is 15.3. The van der Waals surface area contributed by atoms with Crippen molar-refractivity contribution in [2.45, 2.75) is 39.7 Å². The highest BCUT2D eigenvalue weighted by Gasteiger charge is 2.17. The Bertz CT molecular complexity index is 847. The molecular formula is C18H21NO6. The summed E-state index contributed by atoms with van der Waals surface area (Å²) in [5.41, 5.74) is 0.0887. The maximum Gasteiger partial charge on any atom is 0.408 e. The molecule has 0 radical (unpaired) electrons. The van der Waals surface area contributed by atoms with Crippen molar-refractivity contribution in [3.63, 3.8) is 0 Å². The van der Waals surface area contributed by atoms with E-state index in [1.54, 1.807) is 32.9 Å². The highest BCUT2D eigenvalue weighted by molar-refractivity contribution is 5.84. The molecule has 0 aliphatic rings. The van der Waals surface area contributed by atoms with Crippen molar-refractivity contribution >= 4 is 23.0 Å². The molecule has 134 valence electrons. The topological polar surface area (TPSA) is 94.8 Å². The summed E-state index contributed by atoms with van der Waals surface area (Å²) in [5, 5.41) is 3.10. The van der Waals surface area contributed by atoms with Gasteiger partial charge in [0.25, 0.3) is 0 Å². The third kappa shape index (κ3) is 5.34. The van der Waals surface area contributed by atoms with Crippen LogP contribution in [0.3, 0.4) is 0 Å². The number of alkyl carbamates (subject to hydrolysis) is 1. The van der Waals surface area contributed by atoms with E-state index in [1.807, 2.05) is 6.92 Å². The summed E-state index contributed by atoms with van der Waals surface area (Å²) >= 11 is 0. The lowest BCUT2D eigenvalue weighted by molar-refractivity contribution is -0.133. The average Bonchev–Trinajstić information content (AvgIpc) is 2.50. The number of fused-ring (bicyclic) bond motifs is 1. The predicted octanol–water partition coefficient (Wildman–Crippen LogP) is 2.79. The minimum absolute atomic E-state index is 0.222. The van der Waals surface area contributed by atoms with E-state index >= 15 is 0 Å². The normalized spacial score (nSPS) is 11.2. The molecule has 1 aromatic carbocycles. The van der Waals surface area contributed by atoms with E-state index in [0.29, 0.717) is 12.0 Å². The van der Waals surface area contributed by atoms with Gasteiger partial charge in [-0.05, 0) is 44.9 Å². The summed E-state index contributed by atoms with van der Waals surface area (Å²) in [6, 6.07) is 6.24. The number of carbonyl (C=O) groups excluding carboxylic acids is 2. The van der Waals surface area contributed by atoms with E-state index in [1.165, 1.54) is 12.1 Å². The Kier molecular flexibility index (Phi) is 5.46. The van der Waals surface area contributed by atoms with Crippen LogP contribution in [-0.2, 0) is 16.0 Å². The number of aryl methyl sites for hydroxylation is 1. The number of ether oxygens (including phenoxy) is 2. The second kappa shape index (κ2) is 7.38. The first-order chi connectivity index (χ1) is 11.7. The monoisotopic (exact) mass is 347 g/mol. The van der Waals surface area contributed by atoms with Gasteiger partial charge < -0.3 is 19.2 Å². The number of rotatable bonds is 4. The number of hydrogen-bond acceptors (Lipinski definition) is 6. The van der Waals surface area contributed by atoms with E-state index in [4.69, 9.17) is 13.9 Å². The van der Waals surface area contributed by atoms with Crippen molar-refractivity contribution in [3.8, 4) is 5.75 Å². The molecule has 7 nitrogen and oxygen atoms in total. The van der Waals surface area contributed by atoms with Crippen LogP contribution in [0.5, 0.6) is 5.75 Å². The van der Waals surface area contributed by atoms with E-state index in [0.717, 1.165) is 10.9 Å². The fourth-order valence-corrected chi connectivity index (χ4v) is 2.19. The number of hydrogen-bond donors (Lipinski definition) is 1. The maximum atomic E-state index is 11.8. The third-order valence-corrected chi connectivity index (χ3v) is 3.19. The van der Waals surface area contributed by atoms with Crippen LogP contribution >= 0.6 is 0 Å². The van der Waals surface area contributed by atoms with Gasteiger partial charge >= 0.3 is 17.7 Å². The van der Waals surface area contributed by atoms with Crippen LogP contribution in [0.1, 0.15) is 33.3 Å². The van der Waals surface area contributed by atoms with Crippen LogP contribution in [0.15, 0.2) is 33.5 Å². The standard InChI is InChI=1S/C18H21NO6/c1-5-11-8-15(20)24-14-9-12(6-7-13(11)14)23-16(21)10-19-17(22)25-18(2,3)4/h6-9H,5,10H2,1-4H3,(H,19,22). The van der Waals surface area contributed by atoms with Crippen molar-refractivity contribution in [1.29, 1.82) is 0 Å². The summed E-state index contributed by atoms with van der Waals surface area (Å²) in [6.07, 6.45) is -0.0253. The van der Waals surface area contributed by atoms with Crippen molar-refractivity contribution in [1.82, 2.24) is 5.32 Å². The molecule has 2 rings (SSSR count). The number of nitrogens with one attached hydrogen (secondary N) is 1. The Labute approximate surface area is 144 Å². The van der Waals surface area contributed by atoms with Crippen LogP contribution in [0.2, 0.25) is 0 Å². The van der Waals surface area contributed by atoms with Crippen molar-refractivity contribution in [2.75, 3.05) is 6.54 Å². The molecule has 1 N–H and O–H groups in total. The van der Waals surface area contributed by atoms with Gasteiger partial charge in [-0.25, -0.2) is 14.4 Å². The number of esters is 1. The zero-order valence-corrected chi connectivity index (χ0v) is 14.7. The SMILES string of the molecule is CCc1cc(=O)oc2cc(OC(=O)CNC(=O)OC(C)(C)C)ccc12. The van der Waals surface area contributed by atoms with Gasteiger partial charge in [-0.1, -0.05) is 6.92 Å². The molecule has 0 aliphatic heterocycles. The molecule has 7 heteroatoms. The second-order valence-electron chi connectivity index (χ2n) is 6.43. The minimum Gasteiger partial charge on any atom is -0.444 e. The largest absolute Gasteiger partial charge is 0.444 e. The first-order valence-electron chi connectivity index (χ1n) is 7.92. The summed E-state index contributed by atoms with van der Waals surface area (Å²) in [5.74, 6) is -0.445. The molecular weight excluding hydrogens is 326 g/mol. The summed E-state index contributed by atoms with van der Waals surface area (Å²) in [4.78, 5) is 34.9. The van der Waals surface area contributed by atoms with Gasteiger partial charge in [0.1, 0.15) is 23.5 Å². The zero-order valence-electron chi connectivity index (χ0n) is 14.7. The van der Waals surface area contributed by atoms with Gasteiger partial charge in [0.05, 0.1) is 0 Å². The molecule has 0 saturated carbocycles. The molecule has 0 saturated heterocycles. The molecule has 0 fully saturated rings. The van der Waals surface area contributed by atoms with Crippen LogP contribution < -0.4 is 15.7 Å². The molecule has 0 bridgehead atoms. The van der Waals surface area contributed by atoms with Gasteiger partial charge in [0.2, 0.25) is 0 Å². The van der Waals surface area contributed by atoms with Crippen LogP contribution in [0.4, 0.5) is 4.79 Å². The van der Waals surface area contributed by atoms with Gasteiger partial charge in [-0.2, -0.15) is 0 Å². The second-order valence-corrected chi connectivity index (χ2v) is 6.43. The summed E-state index contributed by atoms with van der Waals surface area (Å²) in [7, 11) is 0. The first-order valence-corrected chi connectivity index (χ1v) is 7.92. The van der Waals surface area contributed by atoms with Crippen LogP contribution in [0.25, 0.3) is 11.0 Å². The average molecular weight is 347 g/mol. The minimum atomic E-state index is -0.707. The molecule has 1 heterocycles. The van der Waals surface area contributed by atoms with Gasteiger partial charge in [-0.3, -0.25) is 0 Å². The zero-order chi connectivity index (χ0) is 18.6. The van der Waals surface area contributed by atoms with E-state index in [-0.39, 0.29) is 12.3 Å². The van der Waals surface area contributed by atoms with Crippen molar-refractivity contribution < 1.29 is 23.5 Å². The fourth-order valence-electron chi connectivity index (χ4n) is 2.19. The molecule has 1 amide bonds. The molecule has 25 heavy (non-hydrogen) atoms. The van der Waals surface area contributed by atoms with Crippen LogP contribution in [0, 0.1) is 0 Å². The van der Waals surface area contributed by atoms with Crippen molar-refractivity contribution in [2.24, 2.45) is 0 Å². The van der Waals surface area contributed by atoms with E-state index in [9.17, 15) is 14.4 Å². The highest BCUT2D eigenvalue weighted by Crippen LogP contribution is 2.23. The Balaban J connectivity index is 2.04. The van der Waals surface area contributed by atoms with E-state index in [2.05, 4.69) is 5.32 Å². The van der Waals surface area contributed by atoms with Gasteiger partial charge in [0, 0.05) is 17.5 Å². The lowest BCUT2D eigenvalue weighted by Gasteiger charge is -2.19. The van der Waals surface area contributed by atoms with Gasteiger partial charge in [-0.15, -0.1) is 0 Å². The molecule has 2 aromatic rings. The lowest BCUT2D eigenvalue weighted by atomic mass is 10.1. The molecule has 0 unspecified atom stereocenters. The lowest BCUT2D eigenvalue weighted by Crippen LogP contribution is -2.36. The highest BCUT2D eigenvalue weighted by atomic mass is 16.6. The predicted molar refractivity (Wildman–Crippen MR) is 91.7 cm³/mol.